The van der Waals surface area contributed by atoms with Crippen LogP contribution in [-0.2, 0) is 14.3 Å². The number of ether oxygens (including phenoxy) is 1. The number of rotatable bonds is 2. The lowest BCUT2D eigenvalue weighted by Gasteiger charge is -2.11. The first-order valence-corrected chi connectivity index (χ1v) is 4.17. The van der Waals surface area contributed by atoms with E-state index in [0.717, 1.165) is 0 Å². The van der Waals surface area contributed by atoms with Crippen molar-refractivity contribution in [3.05, 3.63) is 0 Å². The SMILES string of the molecule is COC(=O)[C@@H](N)C(C)C.O=C(O)C(F)(F)F. The van der Waals surface area contributed by atoms with E-state index in [1.165, 1.54) is 7.11 Å². The highest BCUT2D eigenvalue weighted by molar-refractivity contribution is 5.75. The summed E-state index contributed by atoms with van der Waals surface area (Å²) >= 11 is 0. The summed E-state index contributed by atoms with van der Waals surface area (Å²) in [6.45, 7) is 3.75. The Morgan fingerprint density at radius 3 is 1.69 bits per heavy atom. The molecule has 3 N–H and O–H groups in total. The number of methoxy groups -OCH3 is 1. The minimum Gasteiger partial charge on any atom is -0.475 e. The van der Waals surface area contributed by atoms with Gasteiger partial charge in [-0.1, -0.05) is 13.8 Å². The van der Waals surface area contributed by atoms with Crippen LogP contribution in [0.3, 0.4) is 0 Å². The molecule has 96 valence electrons. The highest BCUT2D eigenvalue weighted by Crippen LogP contribution is 2.13. The van der Waals surface area contributed by atoms with Crippen LogP contribution in [-0.4, -0.2) is 36.4 Å². The molecule has 0 aromatic heterocycles. The lowest BCUT2D eigenvalue weighted by molar-refractivity contribution is -0.192. The van der Waals surface area contributed by atoms with Crippen LogP contribution in [0.5, 0.6) is 0 Å². The normalized spacial score (nSPS) is 12.5. The van der Waals surface area contributed by atoms with E-state index in [1.54, 1.807) is 0 Å². The number of esters is 1. The van der Waals surface area contributed by atoms with Gasteiger partial charge in [-0.25, -0.2) is 4.79 Å². The molecule has 8 heteroatoms. The smallest absolute Gasteiger partial charge is 0.475 e. The Morgan fingerprint density at radius 2 is 1.62 bits per heavy atom. The molecule has 0 saturated heterocycles. The molecule has 0 unspecified atom stereocenters. The molecule has 0 aromatic rings. The maximum absolute atomic E-state index is 10.6. The third-order valence-electron chi connectivity index (χ3n) is 1.43. The first-order chi connectivity index (χ1) is 7.03. The lowest BCUT2D eigenvalue weighted by atomic mass is 10.1. The molecule has 0 bridgehead atoms. The minimum atomic E-state index is -5.08. The van der Waals surface area contributed by atoms with Crippen LogP contribution in [0, 0.1) is 5.92 Å². The molecular weight excluding hydrogens is 231 g/mol. The van der Waals surface area contributed by atoms with Gasteiger partial charge in [0.05, 0.1) is 7.11 Å². The van der Waals surface area contributed by atoms with E-state index in [1.807, 2.05) is 13.8 Å². The summed E-state index contributed by atoms with van der Waals surface area (Å²) in [6.07, 6.45) is -5.08. The fraction of sp³-hybridized carbons (Fsp3) is 0.750. The molecule has 0 saturated carbocycles. The fourth-order valence-corrected chi connectivity index (χ4v) is 0.408. The second kappa shape index (κ2) is 7.04. The van der Waals surface area contributed by atoms with Crippen LogP contribution in [0.15, 0.2) is 0 Å². The van der Waals surface area contributed by atoms with Crippen LogP contribution < -0.4 is 5.73 Å². The quantitative estimate of drug-likeness (QED) is 0.701. The topological polar surface area (TPSA) is 89.6 Å². The van der Waals surface area contributed by atoms with Crippen LogP contribution in [0.4, 0.5) is 13.2 Å². The highest BCUT2D eigenvalue weighted by atomic mass is 19.4. The zero-order chi connectivity index (χ0) is 13.5. The van der Waals surface area contributed by atoms with Gasteiger partial charge in [0.25, 0.3) is 0 Å². The van der Waals surface area contributed by atoms with E-state index in [0.29, 0.717) is 0 Å². The van der Waals surface area contributed by atoms with Crippen LogP contribution in [0.2, 0.25) is 0 Å². The second-order valence-corrected chi connectivity index (χ2v) is 3.10. The number of aliphatic carboxylic acids is 1. The van der Waals surface area contributed by atoms with Gasteiger partial charge in [0.15, 0.2) is 0 Å². The van der Waals surface area contributed by atoms with E-state index in [2.05, 4.69) is 4.74 Å². The number of nitrogens with two attached hydrogens (primary N) is 1. The van der Waals surface area contributed by atoms with E-state index in [-0.39, 0.29) is 11.9 Å². The van der Waals surface area contributed by atoms with Gasteiger partial charge in [0, 0.05) is 0 Å². The number of carboxylic acids is 1. The second-order valence-electron chi connectivity index (χ2n) is 3.10. The summed E-state index contributed by atoms with van der Waals surface area (Å²) in [5.74, 6) is -2.95. The van der Waals surface area contributed by atoms with Gasteiger partial charge in [-0.15, -0.1) is 0 Å². The molecule has 5 nitrogen and oxygen atoms in total. The number of carboxylic acid groups (broad SMARTS) is 1. The molecule has 0 aromatic carbocycles. The fourth-order valence-electron chi connectivity index (χ4n) is 0.408. The van der Waals surface area contributed by atoms with Gasteiger partial charge in [-0.05, 0) is 5.92 Å². The number of carbonyl (C=O) groups excluding carboxylic acids is 1. The van der Waals surface area contributed by atoms with E-state index < -0.39 is 18.2 Å². The molecule has 0 aliphatic heterocycles. The summed E-state index contributed by atoms with van der Waals surface area (Å²) in [7, 11) is 1.34. The third-order valence-corrected chi connectivity index (χ3v) is 1.43. The number of hydrogen-bond acceptors (Lipinski definition) is 4. The van der Waals surface area contributed by atoms with Gasteiger partial charge in [0.1, 0.15) is 6.04 Å². The molecule has 16 heavy (non-hydrogen) atoms. The number of carbonyl (C=O) groups is 2. The number of halogens is 3. The third kappa shape index (κ3) is 8.04. The van der Waals surface area contributed by atoms with Crippen LogP contribution in [0.1, 0.15) is 13.8 Å². The molecule has 0 heterocycles. The largest absolute Gasteiger partial charge is 0.490 e. The summed E-state index contributed by atoms with van der Waals surface area (Å²) in [5, 5.41) is 7.12. The Labute approximate surface area is 90.4 Å². The summed E-state index contributed by atoms with van der Waals surface area (Å²) < 4.78 is 36.1. The standard InChI is InChI=1S/C6H13NO2.C2HF3O2/c1-4(2)5(7)6(8)9-3;3-2(4,5)1(6)7/h4-5H,7H2,1-3H3;(H,6,7)/t5-;/m0./s1. The summed E-state index contributed by atoms with van der Waals surface area (Å²) in [5.41, 5.74) is 5.40. The van der Waals surface area contributed by atoms with Crippen molar-refractivity contribution in [1.82, 2.24) is 0 Å². The molecule has 0 aliphatic rings. The molecule has 0 radical (unpaired) electrons. The Balaban J connectivity index is 0. The van der Waals surface area contributed by atoms with Crippen molar-refractivity contribution in [1.29, 1.82) is 0 Å². The molecular formula is C8H14F3NO4. The molecule has 0 fully saturated rings. The van der Waals surface area contributed by atoms with Crippen molar-refractivity contribution in [2.24, 2.45) is 11.7 Å². The van der Waals surface area contributed by atoms with Crippen molar-refractivity contribution in [3.8, 4) is 0 Å². The van der Waals surface area contributed by atoms with Crippen LogP contribution >= 0.6 is 0 Å². The zero-order valence-electron chi connectivity index (χ0n) is 9.04. The van der Waals surface area contributed by atoms with Crippen molar-refractivity contribution < 1.29 is 32.6 Å². The first-order valence-electron chi connectivity index (χ1n) is 4.17. The molecule has 1 atom stereocenters. The molecule has 0 amide bonds. The van der Waals surface area contributed by atoms with Gasteiger partial charge in [0.2, 0.25) is 0 Å². The summed E-state index contributed by atoms with van der Waals surface area (Å²) in [6, 6.07) is -0.477. The highest BCUT2D eigenvalue weighted by Gasteiger charge is 2.38. The van der Waals surface area contributed by atoms with Gasteiger partial charge >= 0.3 is 18.1 Å². The van der Waals surface area contributed by atoms with E-state index in [9.17, 15) is 18.0 Å². The van der Waals surface area contributed by atoms with E-state index in [4.69, 9.17) is 15.6 Å². The average molecular weight is 245 g/mol. The number of alkyl halides is 3. The maximum atomic E-state index is 10.6. The maximum Gasteiger partial charge on any atom is 0.490 e. The average Bonchev–Trinajstić information content (AvgIpc) is 2.14. The van der Waals surface area contributed by atoms with Gasteiger partial charge < -0.3 is 15.6 Å². The van der Waals surface area contributed by atoms with Gasteiger partial charge in [-0.3, -0.25) is 4.79 Å². The molecule has 0 spiro atoms. The monoisotopic (exact) mass is 245 g/mol. The first kappa shape index (κ1) is 17.1. The minimum absolute atomic E-state index is 0.150. The molecule has 0 aliphatic carbocycles. The number of hydrogen-bond donors (Lipinski definition) is 2. The van der Waals surface area contributed by atoms with Crippen molar-refractivity contribution in [2.75, 3.05) is 7.11 Å². The zero-order valence-corrected chi connectivity index (χ0v) is 9.04. The summed E-state index contributed by atoms with van der Waals surface area (Å²) in [4.78, 5) is 19.5. The van der Waals surface area contributed by atoms with Crippen LogP contribution in [0.25, 0.3) is 0 Å². The predicted molar refractivity (Wildman–Crippen MR) is 48.5 cm³/mol. The van der Waals surface area contributed by atoms with Crippen molar-refractivity contribution in [2.45, 2.75) is 26.1 Å². The van der Waals surface area contributed by atoms with Crippen molar-refractivity contribution in [3.63, 3.8) is 0 Å². The Kier molecular flexibility index (Phi) is 7.53. The van der Waals surface area contributed by atoms with E-state index >= 15 is 0 Å². The Hall–Kier alpha value is -1.31. The Bertz CT molecular complexity index is 240. The Morgan fingerprint density at radius 1 is 1.31 bits per heavy atom. The molecule has 0 rings (SSSR count). The predicted octanol–water partition coefficient (Wildman–Crippen LogP) is 0.776. The van der Waals surface area contributed by atoms with Crippen molar-refractivity contribution >= 4 is 11.9 Å². The lowest BCUT2D eigenvalue weighted by Crippen LogP contribution is -2.36. The van der Waals surface area contributed by atoms with Gasteiger partial charge in [-0.2, -0.15) is 13.2 Å².